The van der Waals surface area contributed by atoms with E-state index in [-0.39, 0.29) is 5.41 Å². The molecule has 10 aromatic carbocycles. The number of nitrogens with zero attached hydrogens (tertiary/aromatic N) is 2. The molecule has 0 spiro atoms. The van der Waals surface area contributed by atoms with E-state index in [0.29, 0.717) is 0 Å². The molecule has 0 N–H and O–H groups in total. The van der Waals surface area contributed by atoms with Crippen LogP contribution in [0, 0.1) is 13.8 Å². The Hall–Kier alpha value is -7.16. The van der Waals surface area contributed by atoms with E-state index < -0.39 is 0 Å². The van der Waals surface area contributed by atoms with E-state index >= 15 is 0 Å². The first kappa shape index (κ1) is 33.9. The molecule has 0 atom stereocenters. The van der Waals surface area contributed by atoms with Crippen LogP contribution in [0.25, 0.3) is 81.7 Å². The van der Waals surface area contributed by atoms with Crippen molar-refractivity contribution in [1.82, 2.24) is 4.57 Å². The Labute approximate surface area is 344 Å². The lowest BCUT2D eigenvalue weighted by Crippen LogP contribution is -2.15. The molecule has 1 aliphatic rings. The first-order valence-corrected chi connectivity index (χ1v) is 20.8. The number of para-hydroxylation sites is 1. The van der Waals surface area contributed by atoms with Crippen molar-refractivity contribution >= 4 is 82.0 Å². The summed E-state index contributed by atoms with van der Waals surface area (Å²) in [6.07, 6.45) is 0. The maximum atomic E-state index is 2.54. The number of anilines is 3. The highest BCUT2D eigenvalue weighted by Crippen LogP contribution is 2.54. The van der Waals surface area contributed by atoms with Crippen molar-refractivity contribution in [2.45, 2.75) is 33.1 Å². The molecule has 0 aliphatic heterocycles. The molecule has 59 heavy (non-hydrogen) atoms. The van der Waals surface area contributed by atoms with Gasteiger partial charge in [-0.2, -0.15) is 0 Å². The molecule has 0 saturated carbocycles. The second-order valence-corrected chi connectivity index (χ2v) is 17.1. The van der Waals surface area contributed by atoms with Crippen molar-refractivity contribution in [3.05, 3.63) is 204 Å². The van der Waals surface area contributed by atoms with Gasteiger partial charge in [0.05, 0.1) is 11.0 Å². The maximum Gasteiger partial charge on any atom is 0.0561 e. The van der Waals surface area contributed by atoms with Gasteiger partial charge in [0.25, 0.3) is 0 Å². The Kier molecular flexibility index (Phi) is 7.14. The largest absolute Gasteiger partial charge is 0.310 e. The number of rotatable bonds is 4. The van der Waals surface area contributed by atoms with Gasteiger partial charge in [0.1, 0.15) is 0 Å². The van der Waals surface area contributed by atoms with Crippen LogP contribution in [0.15, 0.2) is 182 Å². The van der Waals surface area contributed by atoms with E-state index in [9.17, 15) is 0 Å². The second-order valence-electron chi connectivity index (χ2n) is 17.1. The van der Waals surface area contributed by atoms with Crippen LogP contribution in [-0.2, 0) is 5.41 Å². The molecule has 1 aromatic heterocycles. The molecule has 280 valence electrons. The highest BCUT2D eigenvalue weighted by molar-refractivity contribution is 6.32. The quantitative estimate of drug-likeness (QED) is 0.162. The molecule has 1 aliphatic carbocycles. The van der Waals surface area contributed by atoms with E-state index in [1.54, 1.807) is 0 Å². The summed E-state index contributed by atoms with van der Waals surface area (Å²) in [7, 11) is 0. The predicted molar refractivity (Wildman–Crippen MR) is 253 cm³/mol. The molecule has 0 saturated heterocycles. The summed E-state index contributed by atoms with van der Waals surface area (Å²) in [5.74, 6) is 0. The molecule has 0 bridgehead atoms. The zero-order valence-corrected chi connectivity index (χ0v) is 33.7. The van der Waals surface area contributed by atoms with Gasteiger partial charge in [-0.3, -0.25) is 0 Å². The third-order valence-electron chi connectivity index (χ3n) is 13.2. The Morgan fingerprint density at radius 1 is 0.390 bits per heavy atom. The Morgan fingerprint density at radius 3 is 1.68 bits per heavy atom. The average molecular weight is 755 g/mol. The highest BCUT2D eigenvalue weighted by atomic mass is 15.1. The fourth-order valence-corrected chi connectivity index (χ4v) is 10.4. The summed E-state index contributed by atoms with van der Waals surface area (Å²) in [4.78, 5) is 2.40. The Morgan fingerprint density at radius 2 is 0.966 bits per heavy atom. The van der Waals surface area contributed by atoms with Gasteiger partial charge in [0.2, 0.25) is 0 Å². The second kappa shape index (κ2) is 12.4. The SMILES string of the molecule is Cc1cccc(N(c2cccc(C)c2)c2ccc3c4cc5c(cc4n(-c4ccccc4)c3c2)C(C)(C)c2cc3c(cc2-5)c2ccccc2c2ccc4ccccc4c23)c1. The smallest absolute Gasteiger partial charge is 0.0561 e. The van der Waals surface area contributed by atoms with E-state index in [1.807, 2.05) is 0 Å². The zero-order valence-electron chi connectivity index (χ0n) is 33.7. The fraction of sp³-hybridized carbons (Fsp3) is 0.0877. The summed E-state index contributed by atoms with van der Waals surface area (Å²) in [5.41, 5.74) is 14.7. The number of hydrogen-bond donors (Lipinski definition) is 0. The van der Waals surface area contributed by atoms with Gasteiger partial charge in [0, 0.05) is 38.9 Å². The molecule has 0 unspecified atom stereocenters. The number of aryl methyl sites for hydroxylation is 2. The van der Waals surface area contributed by atoms with Crippen molar-refractivity contribution in [2.24, 2.45) is 0 Å². The summed E-state index contributed by atoms with van der Waals surface area (Å²) < 4.78 is 2.49. The first-order chi connectivity index (χ1) is 28.8. The van der Waals surface area contributed by atoms with Gasteiger partial charge in [-0.1, -0.05) is 123 Å². The molecule has 2 heteroatoms. The zero-order chi connectivity index (χ0) is 39.6. The van der Waals surface area contributed by atoms with E-state index in [1.165, 1.54) is 98.3 Å². The number of hydrogen-bond acceptors (Lipinski definition) is 1. The van der Waals surface area contributed by atoms with Crippen molar-refractivity contribution in [3.8, 4) is 16.8 Å². The third kappa shape index (κ3) is 4.93. The van der Waals surface area contributed by atoms with Crippen LogP contribution in [0.4, 0.5) is 17.1 Å². The van der Waals surface area contributed by atoms with Crippen molar-refractivity contribution < 1.29 is 0 Å². The average Bonchev–Trinajstić information content (AvgIpc) is 3.69. The standard InChI is InChI=1S/C57H42N2/c1-35-14-12-19-39(28-35)58(40-20-13-15-36(2)29-40)41-25-27-45-50-32-49-48-31-47-44-23-11-10-22-43(44)46-26-24-37-16-8-9-21-42(37)56(46)51(47)33-52(48)57(3,4)53(49)34-55(50)59(54(45)30-41)38-17-6-5-7-18-38/h5-34H,1-4H3. The molecule has 0 fully saturated rings. The van der Waals surface area contributed by atoms with Gasteiger partial charge in [0.15, 0.2) is 0 Å². The van der Waals surface area contributed by atoms with Gasteiger partial charge < -0.3 is 9.47 Å². The topological polar surface area (TPSA) is 8.17 Å². The molecule has 2 nitrogen and oxygen atoms in total. The predicted octanol–water partition coefficient (Wildman–Crippen LogP) is 15.8. The minimum absolute atomic E-state index is 0.216. The first-order valence-electron chi connectivity index (χ1n) is 20.8. The van der Waals surface area contributed by atoms with Crippen LogP contribution < -0.4 is 4.90 Å². The fourth-order valence-electron chi connectivity index (χ4n) is 10.4. The van der Waals surface area contributed by atoms with Crippen molar-refractivity contribution in [3.63, 3.8) is 0 Å². The lowest BCUT2D eigenvalue weighted by molar-refractivity contribution is 0.662. The third-order valence-corrected chi connectivity index (χ3v) is 13.2. The molecule has 11 aromatic rings. The van der Waals surface area contributed by atoms with Crippen molar-refractivity contribution in [2.75, 3.05) is 4.90 Å². The van der Waals surface area contributed by atoms with Gasteiger partial charge in [-0.05, 0) is 163 Å². The minimum Gasteiger partial charge on any atom is -0.310 e. The molecule has 1 heterocycles. The van der Waals surface area contributed by atoms with Crippen LogP contribution in [0.3, 0.4) is 0 Å². The van der Waals surface area contributed by atoms with Crippen molar-refractivity contribution in [1.29, 1.82) is 0 Å². The molecule has 0 radical (unpaired) electrons. The van der Waals surface area contributed by atoms with Crippen LogP contribution >= 0.6 is 0 Å². The minimum atomic E-state index is -0.216. The normalized spacial score (nSPS) is 13.2. The van der Waals surface area contributed by atoms with Crippen LogP contribution in [-0.4, -0.2) is 4.57 Å². The summed E-state index contributed by atoms with van der Waals surface area (Å²) >= 11 is 0. The summed E-state index contributed by atoms with van der Waals surface area (Å²) in [6.45, 7) is 9.18. The highest BCUT2D eigenvalue weighted by Gasteiger charge is 2.37. The summed E-state index contributed by atoms with van der Waals surface area (Å²) in [6, 6.07) is 68.1. The summed E-state index contributed by atoms with van der Waals surface area (Å²) in [5, 5.41) is 13.0. The number of fused-ring (bicyclic) bond motifs is 14. The molecule has 0 amide bonds. The Bertz CT molecular complexity index is 3500. The maximum absolute atomic E-state index is 2.54. The van der Waals surface area contributed by atoms with Gasteiger partial charge >= 0.3 is 0 Å². The number of benzene rings is 10. The van der Waals surface area contributed by atoms with Crippen LogP contribution in [0.5, 0.6) is 0 Å². The lowest BCUT2D eigenvalue weighted by Gasteiger charge is -2.26. The lowest BCUT2D eigenvalue weighted by atomic mass is 9.80. The Balaban J connectivity index is 1.14. The number of aromatic nitrogens is 1. The van der Waals surface area contributed by atoms with Gasteiger partial charge in [-0.25, -0.2) is 0 Å². The molecule has 12 rings (SSSR count). The van der Waals surface area contributed by atoms with E-state index in [0.717, 1.165) is 22.7 Å². The molecular weight excluding hydrogens is 713 g/mol. The molecular formula is C57H42N2. The van der Waals surface area contributed by atoms with Crippen LogP contribution in [0.1, 0.15) is 36.1 Å². The van der Waals surface area contributed by atoms with E-state index in [2.05, 4.69) is 219 Å². The monoisotopic (exact) mass is 754 g/mol. The van der Waals surface area contributed by atoms with E-state index in [4.69, 9.17) is 0 Å². The van der Waals surface area contributed by atoms with Gasteiger partial charge in [-0.15, -0.1) is 0 Å². The van der Waals surface area contributed by atoms with Crippen LogP contribution in [0.2, 0.25) is 0 Å².